The fourth-order valence-electron chi connectivity index (χ4n) is 2.35. The summed E-state index contributed by atoms with van der Waals surface area (Å²) in [5, 5.41) is 0. The molecule has 1 aliphatic rings. The van der Waals surface area contributed by atoms with Gasteiger partial charge in [0.25, 0.3) is 11.9 Å². The SMILES string of the molecule is C#C[C@]1(c2cc(Br)ccc2C(F)(F)CC)N=C(N)OCC1(F)F. The van der Waals surface area contributed by atoms with Crippen molar-refractivity contribution < 1.29 is 22.3 Å². The van der Waals surface area contributed by atoms with Crippen molar-refractivity contribution in [2.24, 2.45) is 10.7 Å². The average molecular weight is 393 g/mol. The number of alkyl halides is 4. The molecule has 0 bridgehead atoms. The zero-order chi connectivity index (χ0) is 17.5. The number of hydrogen-bond donors (Lipinski definition) is 1. The van der Waals surface area contributed by atoms with E-state index in [2.05, 4.69) is 25.7 Å². The van der Waals surface area contributed by atoms with Gasteiger partial charge in [-0.05, 0) is 12.1 Å². The Morgan fingerprint density at radius 3 is 2.70 bits per heavy atom. The summed E-state index contributed by atoms with van der Waals surface area (Å²) in [6, 6.07) is 2.94. The quantitative estimate of drug-likeness (QED) is 0.628. The summed E-state index contributed by atoms with van der Waals surface area (Å²) in [5.41, 5.74) is 1.63. The fraction of sp³-hybridized carbons (Fsp3) is 0.400. The van der Waals surface area contributed by atoms with Gasteiger partial charge in [-0.3, -0.25) is 0 Å². The van der Waals surface area contributed by atoms with E-state index in [0.29, 0.717) is 4.47 Å². The van der Waals surface area contributed by atoms with Crippen molar-refractivity contribution >= 4 is 22.0 Å². The van der Waals surface area contributed by atoms with Crippen LogP contribution in [0.5, 0.6) is 0 Å². The average Bonchev–Trinajstić information content (AvgIpc) is 2.49. The predicted molar refractivity (Wildman–Crippen MR) is 81.4 cm³/mol. The highest BCUT2D eigenvalue weighted by Gasteiger charge is 2.59. The van der Waals surface area contributed by atoms with E-state index in [1.54, 1.807) is 0 Å². The highest BCUT2D eigenvalue weighted by molar-refractivity contribution is 9.10. The van der Waals surface area contributed by atoms with E-state index in [0.717, 1.165) is 12.1 Å². The molecule has 1 heterocycles. The molecule has 0 fully saturated rings. The second-order valence-electron chi connectivity index (χ2n) is 5.05. The summed E-state index contributed by atoms with van der Waals surface area (Å²) in [5.74, 6) is -5.19. The standard InChI is InChI=1S/C15H13BrF4N2O/c1-3-13(15(19,20)8-23-12(21)22-13)11-7-9(16)5-6-10(11)14(17,18)4-2/h1,5-7H,4,8H2,2H3,(H2,21,22)/t13-/m1/s1. The molecule has 0 saturated carbocycles. The Labute approximate surface area is 139 Å². The molecule has 0 aromatic heterocycles. The first kappa shape index (κ1) is 17.6. The van der Waals surface area contributed by atoms with Crippen LogP contribution in [0, 0.1) is 12.3 Å². The Morgan fingerprint density at radius 1 is 1.48 bits per heavy atom. The Balaban J connectivity index is 2.84. The molecular formula is C15H13BrF4N2O. The van der Waals surface area contributed by atoms with E-state index in [4.69, 9.17) is 12.2 Å². The van der Waals surface area contributed by atoms with E-state index in [-0.39, 0.29) is 0 Å². The molecule has 124 valence electrons. The lowest BCUT2D eigenvalue weighted by molar-refractivity contribution is -0.104. The van der Waals surface area contributed by atoms with Gasteiger partial charge >= 0.3 is 5.92 Å². The normalized spacial score (nSPS) is 23.6. The topological polar surface area (TPSA) is 47.6 Å². The molecule has 0 aliphatic carbocycles. The van der Waals surface area contributed by atoms with Crippen molar-refractivity contribution in [1.29, 1.82) is 0 Å². The highest BCUT2D eigenvalue weighted by Crippen LogP contribution is 2.48. The second kappa shape index (κ2) is 5.71. The number of terminal acetylenes is 1. The lowest BCUT2D eigenvalue weighted by Gasteiger charge is -2.38. The third-order valence-electron chi connectivity index (χ3n) is 3.63. The van der Waals surface area contributed by atoms with Crippen LogP contribution in [0.25, 0.3) is 0 Å². The Morgan fingerprint density at radius 2 is 2.13 bits per heavy atom. The van der Waals surface area contributed by atoms with Crippen LogP contribution in [-0.4, -0.2) is 18.6 Å². The largest absolute Gasteiger partial charge is 0.459 e. The van der Waals surface area contributed by atoms with Crippen molar-refractivity contribution in [2.75, 3.05) is 6.61 Å². The van der Waals surface area contributed by atoms with Crippen LogP contribution >= 0.6 is 15.9 Å². The molecule has 2 rings (SSSR count). The molecule has 0 spiro atoms. The molecule has 1 atom stereocenters. The number of hydrogen-bond acceptors (Lipinski definition) is 3. The summed E-state index contributed by atoms with van der Waals surface area (Å²) < 4.78 is 62.3. The van der Waals surface area contributed by atoms with Gasteiger partial charge in [-0.15, -0.1) is 6.42 Å². The van der Waals surface area contributed by atoms with Crippen molar-refractivity contribution in [1.82, 2.24) is 0 Å². The van der Waals surface area contributed by atoms with E-state index in [1.807, 2.05) is 5.92 Å². The lowest BCUT2D eigenvalue weighted by Crippen LogP contribution is -2.52. The maximum Gasteiger partial charge on any atom is 0.321 e. The van der Waals surface area contributed by atoms with Gasteiger partial charge in [0.1, 0.15) is 0 Å². The van der Waals surface area contributed by atoms with E-state index < -0.39 is 47.6 Å². The molecule has 8 heteroatoms. The lowest BCUT2D eigenvalue weighted by atomic mass is 9.80. The van der Waals surface area contributed by atoms with E-state index in [9.17, 15) is 17.6 Å². The third-order valence-corrected chi connectivity index (χ3v) is 4.12. The molecule has 3 nitrogen and oxygen atoms in total. The minimum Gasteiger partial charge on any atom is -0.459 e. The molecule has 0 amide bonds. The number of aliphatic imine (C=N–C) groups is 1. The molecule has 1 aromatic carbocycles. The van der Waals surface area contributed by atoms with Crippen LogP contribution in [0.1, 0.15) is 24.5 Å². The number of amidine groups is 1. The molecule has 2 N–H and O–H groups in total. The predicted octanol–water partition coefficient (Wildman–Crippen LogP) is 3.76. The number of halogens is 5. The smallest absolute Gasteiger partial charge is 0.321 e. The molecule has 0 radical (unpaired) electrons. The Bertz CT molecular complexity index is 699. The van der Waals surface area contributed by atoms with Crippen molar-refractivity contribution in [3.63, 3.8) is 0 Å². The van der Waals surface area contributed by atoms with Crippen LogP contribution in [0.3, 0.4) is 0 Å². The minimum atomic E-state index is -3.70. The summed E-state index contributed by atoms with van der Waals surface area (Å²) in [4.78, 5) is 3.54. The van der Waals surface area contributed by atoms with Crippen molar-refractivity contribution in [3.8, 4) is 12.3 Å². The fourth-order valence-corrected chi connectivity index (χ4v) is 2.71. The van der Waals surface area contributed by atoms with Crippen LogP contribution in [0.15, 0.2) is 27.7 Å². The van der Waals surface area contributed by atoms with Crippen LogP contribution in [-0.2, 0) is 16.2 Å². The first-order valence-corrected chi connectivity index (χ1v) is 7.41. The van der Waals surface area contributed by atoms with E-state index >= 15 is 0 Å². The molecule has 0 unspecified atom stereocenters. The van der Waals surface area contributed by atoms with E-state index in [1.165, 1.54) is 13.0 Å². The Hall–Kier alpha value is -1.75. The third kappa shape index (κ3) is 2.78. The summed E-state index contributed by atoms with van der Waals surface area (Å²) in [6.07, 6.45) is 4.72. The Kier molecular flexibility index (Phi) is 4.37. The highest BCUT2D eigenvalue weighted by atomic mass is 79.9. The zero-order valence-electron chi connectivity index (χ0n) is 12.0. The number of nitrogens with two attached hydrogens (primary N) is 1. The van der Waals surface area contributed by atoms with Gasteiger partial charge in [0.15, 0.2) is 6.61 Å². The monoisotopic (exact) mass is 392 g/mol. The molecule has 23 heavy (non-hydrogen) atoms. The van der Waals surface area contributed by atoms with Gasteiger partial charge in [0.2, 0.25) is 5.54 Å². The van der Waals surface area contributed by atoms with Gasteiger partial charge < -0.3 is 10.5 Å². The van der Waals surface area contributed by atoms with Crippen LogP contribution in [0.4, 0.5) is 17.6 Å². The maximum atomic E-state index is 14.5. The van der Waals surface area contributed by atoms with Crippen LogP contribution in [0.2, 0.25) is 0 Å². The zero-order valence-corrected chi connectivity index (χ0v) is 13.6. The number of nitrogens with zero attached hydrogens (tertiary/aromatic N) is 1. The molecule has 1 aliphatic heterocycles. The van der Waals surface area contributed by atoms with Gasteiger partial charge in [0.05, 0.1) is 0 Å². The first-order chi connectivity index (χ1) is 10.6. The second-order valence-corrected chi connectivity index (χ2v) is 5.96. The minimum absolute atomic E-state index is 0.314. The van der Waals surface area contributed by atoms with Crippen molar-refractivity contribution in [3.05, 3.63) is 33.8 Å². The number of rotatable bonds is 3. The summed E-state index contributed by atoms with van der Waals surface area (Å²) in [7, 11) is 0. The van der Waals surface area contributed by atoms with Crippen molar-refractivity contribution in [2.45, 2.75) is 30.7 Å². The summed E-state index contributed by atoms with van der Waals surface area (Å²) >= 11 is 3.09. The van der Waals surface area contributed by atoms with Gasteiger partial charge in [-0.25, -0.2) is 13.8 Å². The maximum absolute atomic E-state index is 14.5. The van der Waals surface area contributed by atoms with Crippen LogP contribution < -0.4 is 5.73 Å². The summed E-state index contributed by atoms with van der Waals surface area (Å²) in [6.45, 7) is 0.101. The molecular weight excluding hydrogens is 380 g/mol. The molecule has 0 saturated heterocycles. The van der Waals surface area contributed by atoms with Gasteiger partial charge in [0, 0.05) is 22.0 Å². The number of ether oxygens (including phenoxy) is 1. The first-order valence-electron chi connectivity index (χ1n) is 6.61. The number of benzene rings is 1. The van der Waals surface area contributed by atoms with Gasteiger partial charge in [-0.2, -0.15) is 8.78 Å². The van der Waals surface area contributed by atoms with Gasteiger partial charge in [-0.1, -0.05) is 34.8 Å². The molecule has 1 aromatic rings.